The van der Waals surface area contributed by atoms with Crippen molar-refractivity contribution >= 4 is 29.4 Å². The first-order valence-corrected chi connectivity index (χ1v) is 10.7. The van der Waals surface area contributed by atoms with Crippen LogP contribution in [0.25, 0.3) is 0 Å². The summed E-state index contributed by atoms with van der Waals surface area (Å²) >= 11 is 5.94. The molecular weight excluding hydrogens is 456 g/mol. The van der Waals surface area contributed by atoms with E-state index in [1.54, 1.807) is 0 Å². The summed E-state index contributed by atoms with van der Waals surface area (Å²) in [6.07, 6.45) is 1.12. The van der Waals surface area contributed by atoms with Crippen LogP contribution in [0, 0.1) is 0 Å². The maximum absolute atomic E-state index is 12.8. The van der Waals surface area contributed by atoms with Crippen molar-refractivity contribution in [3.05, 3.63) is 119 Å². The third-order valence-electron chi connectivity index (χ3n) is 4.50. The van der Waals surface area contributed by atoms with Gasteiger partial charge in [-0.15, -0.1) is 0 Å². The van der Waals surface area contributed by atoms with Gasteiger partial charge in [0.1, 0.15) is 6.04 Å². The summed E-state index contributed by atoms with van der Waals surface area (Å²) in [6.45, 7) is 1.08. The second-order valence-electron chi connectivity index (χ2n) is 7.06. The molecule has 0 aliphatic rings. The minimum Gasteiger partial charge on any atom is -0.478 e. The number of benzene rings is 3. The highest BCUT2D eigenvalue weighted by Crippen LogP contribution is 2.15. The van der Waals surface area contributed by atoms with Crippen molar-refractivity contribution in [2.45, 2.75) is 19.1 Å². The lowest BCUT2D eigenvalue weighted by molar-refractivity contribution is -0.134. The van der Waals surface area contributed by atoms with Crippen LogP contribution in [0.1, 0.15) is 22.7 Å². The lowest BCUT2D eigenvalue weighted by Crippen LogP contribution is -2.37. The first-order valence-electron chi connectivity index (χ1n) is 10.3. The summed E-state index contributed by atoms with van der Waals surface area (Å²) in [5, 5.41) is 22.7. The monoisotopic (exact) mass is 480 g/mol. The van der Waals surface area contributed by atoms with Gasteiger partial charge in [-0.3, -0.25) is 10.1 Å². The molecule has 0 radical (unpaired) electrons. The largest absolute Gasteiger partial charge is 0.478 e. The van der Waals surface area contributed by atoms with Crippen LogP contribution >= 0.6 is 11.6 Å². The van der Waals surface area contributed by atoms with E-state index in [0.717, 1.165) is 16.7 Å². The molecule has 0 spiro atoms. The maximum atomic E-state index is 12.8. The fourth-order valence-corrected chi connectivity index (χ4v) is 2.99. The van der Waals surface area contributed by atoms with E-state index in [1.807, 2.05) is 84.9 Å². The van der Waals surface area contributed by atoms with Gasteiger partial charge in [0.2, 0.25) is 5.91 Å². The second kappa shape index (κ2) is 14.3. The van der Waals surface area contributed by atoms with Crippen LogP contribution in [0.15, 0.2) is 97.1 Å². The second-order valence-corrected chi connectivity index (χ2v) is 7.50. The van der Waals surface area contributed by atoms with Crippen LogP contribution in [0.2, 0.25) is 5.02 Å². The molecule has 8 heteroatoms. The Balaban J connectivity index is 0.000000440. The highest BCUT2D eigenvalue weighted by atomic mass is 35.5. The number of aliphatic carboxylic acids is 2. The maximum Gasteiger partial charge on any atom is 0.328 e. The topological polar surface area (TPSA) is 116 Å². The molecule has 3 rings (SSSR count). The molecule has 0 aliphatic heterocycles. The minimum atomic E-state index is -1.26. The van der Waals surface area contributed by atoms with E-state index < -0.39 is 18.0 Å². The summed E-state index contributed by atoms with van der Waals surface area (Å²) in [7, 11) is 0. The van der Waals surface area contributed by atoms with Gasteiger partial charge in [0, 0.05) is 30.3 Å². The van der Waals surface area contributed by atoms with Gasteiger partial charge in [-0.05, 0) is 28.8 Å². The number of carboxylic acid groups (broad SMARTS) is 2. The summed E-state index contributed by atoms with van der Waals surface area (Å²) in [5.74, 6) is -2.56. The normalized spacial score (nSPS) is 11.2. The highest BCUT2D eigenvalue weighted by Gasteiger charge is 2.19. The van der Waals surface area contributed by atoms with Crippen LogP contribution in [0.4, 0.5) is 0 Å². The lowest BCUT2D eigenvalue weighted by atomic mass is 10.1. The number of carbonyl (C=O) groups is 3. The van der Waals surface area contributed by atoms with Crippen LogP contribution in [-0.4, -0.2) is 28.1 Å². The molecule has 0 aliphatic carbocycles. The molecule has 1 unspecified atom stereocenters. The van der Waals surface area contributed by atoms with Crippen molar-refractivity contribution in [2.24, 2.45) is 0 Å². The number of halogens is 1. The number of carbonyl (C=O) groups excluding carboxylic acids is 1. The van der Waals surface area contributed by atoms with Gasteiger partial charge in [0.05, 0.1) is 0 Å². The Hall–Kier alpha value is -3.94. The van der Waals surface area contributed by atoms with Gasteiger partial charge < -0.3 is 15.5 Å². The van der Waals surface area contributed by atoms with Gasteiger partial charge in [0.15, 0.2) is 0 Å². The summed E-state index contributed by atoms with van der Waals surface area (Å²) < 4.78 is 0. The van der Waals surface area contributed by atoms with Gasteiger partial charge in [-0.1, -0.05) is 84.4 Å². The van der Waals surface area contributed by atoms with E-state index in [-0.39, 0.29) is 5.91 Å². The molecule has 1 atom stereocenters. The Morgan fingerprint density at radius 3 is 1.76 bits per heavy atom. The first kappa shape index (κ1) is 26.3. The summed E-state index contributed by atoms with van der Waals surface area (Å²) in [4.78, 5) is 31.9. The van der Waals surface area contributed by atoms with E-state index in [0.29, 0.717) is 30.3 Å². The first-order chi connectivity index (χ1) is 16.3. The van der Waals surface area contributed by atoms with Crippen LogP contribution in [0.3, 0.4) is 0 Å². The molecule has 0 saturated heterocycles. The Bertz CT molecular complexity index is 1070. The molecule has 34 heavy (non-hydrogen) atoms. The van der Waals surface area contributed by atoms with Crippen molar-refractivity contribution in [3.63, 3.8) is 0 Å². The van der Waals surface area contributed by atoms with Gasteiger partial charge >= 0.3 is 11.9 Å². The highest BCUT2D eigenvalue weighted by molar-refractivity contribution is 6.30. The molecule has 4 N–H and O–H groups in total. The van der Waals surface area contributed by atoms with Crippen molar-refractivity contribution in [1.82, 2.24) is 10.6 Å². The predicted molar refractivity (Wildman–Crippen MR) is 130 cm³/mol. The Morgan fingerprint density at radius 2 is 1.24 bits per heavy atom. The van der Waals surface area contributed by atoms with Crippen molar-refractivity contribution in [1.29, 1.82) is 0 Å². The van der Waals surface area contributed by atoms with Crippen LogP contribution in [-0.2, 0) is 27.5 Å². The molecule has 0 bridgehead atoms. The third-order valence-corrected chi connectivity index (χ3v) is 4.75. The third kappa shape index (κ3) is 10.1. The molecule has 0 saturated carbocycles. The van der Waals surface area contributed by atoms with Crippen molar-refractivity contribution in [2.75, 3.05) is 0 Å². The molecule has 1 amide bonds. The molecule has 0 aromatic heterocycles. The fourth-order valence-electron chi connectivity index (χ4n) is 2.86. The Labute approximate surface area is 202 Å². The quantitative estimate of drug-likeness (QED) is 0.341. The number of amides is 1. The number of hydrogen-bond acceptors (Lipinski definition) is 4. The predicted octanol–water partition coefficient (Wildman–Crippen LogP) is 4.20. The van der Waals surface area contributed by atoms with E-state index >= 15 is 0 Å². The molecule has 0 heterocycles. The molecule has 0 fully saturated rings. The average Bonchev–Trinajstić information content (AvgIpc) is 2.84. The number of carboxylic acids is 2. The van der Waals surface area contributed by atoms with Crippen molar-refractivity contribution < 1.29 is 24.6 Å². The Kier molecular flexibility index (Phi) is 11.0. The standard InChI is InChI=1S/C22H21ClN2O.C4H4O4/c23-20-13-11-18(12-14-20)15-24-21(19-9-5-2-6-10-19)22(26)25-16-17-7-3-1-4-8-17;5-3(6)1-2-4(7)8/h1-14,21,24H,15-16H2,(H,25,26);1-2H,(H,5,6)(H,7,8)/b;2-1+. The number of nitrogens with one attached hydrogen (secondary N) is 2. The molecule has 3 aromatic carbocycles. The average molecular weight is 481 g/mol. The minimum absolute atomic E-state index is 0.0472. The van der Waals surface area contributed by atoms with E-state index in [9.17, 15) is 14.4 Å². The van der Waals surface area contributed by atoms with E-state index in [2.05, 4.69) is 10.6 Å². The summed E-state index contributed by atoms with van der Waals surface area (Å²) in [6, 6.07) is 26.8. The van der Waals surface area contributed by atoms with E-state index in [1.165, 1.54) is 0 Å². The zero-order chi connectivity index (χ0) is 24.8. The lowest BCUT2D eigenvalue weighted by Gasteiger charge is -2.19. The fraction of sp³-hybridized carbons (Fsp3) is 0.115. The van der Waals surface area contributed by atoms with Crippen LogP contribution < -0.4 is 10.6 Å². The number of rotatable bonds is 9. The molecular formula is C26H25ClN2O5. The zero-order valence-corrected chi connectivity index (χ0v) is 19.0. The SMILES string of the molecule is O=C(NCc1ccccc1)C(NCc1ccc(Cl)cc1)c1ccccc1.O=C(O)/C=C/C(=O)O. The zero-order valence-electron chi connectivity index (χ0n) is 18.2. The molecule has 7 nitrogen and oxygen atoms in total. The molecule has 3 aromatic rings. The van der Waals surface area contributed by atoms with Gasteiger partial charge in [0.25, 0.3) is 0 Å². The van der Waals surface area contributed by atoms with E-state index in [4.69, 9.17) is 21.8 Å². The smallest absolute Gasteiger partial charge is 0.328 e. The molecule has 176 valence electrons. The van der Waals surface area contributed by atoms with Gasteiger partial charge in [-0.25, -0.2) is 9.59 Å². The number of hydrogen-bond donors (Lipinski definition) is 4. The Morgan fingerprint density at radius 1 is 0.735 bits per heavy atom. The van der Waals surface area contributed by atoms with Gasteiger partial charge in [-0.2, -0.15) is 0 Å². The van der Waals surface area contributed by atoms with Crippen molar-refractivity contribution in [3.8, 4) is 0 Å². The van der Waals surface area contributed by atoms with Crippen LogP contribution in [0.5, 0.6) is 0 Å². The summed E-state index contributed by atoms with van der Waals surface area (Å²) in [5.41, 5.74) is 3.09.